The van der Waals surface area contributed by atoms with Crippen LogP contribution in [0, 0.1) is 18.3 Å². The molecule has 0 atom stereocenters. The molecule has 0 saturated carbocycles. The summed E-state index contributed by atoms with van der Waals surface area (Å²) in [5, 5.41) is 20.6. The summed E-state index contributed by atoms with van der Waals surface area (Å²) in [6.07, 6.45) is 0. The number of aryl methyl sites for hydroxylation is 1. The minimum Gasteiger partial charge on any atom is -0.497 e. The Morgan fingerprint density at radius 2 is 1.89 bits per heavy atom. The quantitative estimate of drug-likeness (QED) is 0.621. The molecule has 1 N–H and O–H groups in total. The van der Waals surface area contributed by atoms with Crippen molar-refractivity contribution in [3.8, 4) is 17.5 Å². The first-order chi connectivity index (χ1) is 13.6. The maximum atomic E-state index is 12.2. The van der Waals surface area contributed by atoms with E-state index >= 15 is 0 Å². The second kappa shape index (κ2) is 9.06. The number of benzene rings is 2. The molecule has 0 bridgehead atoms. The maximum Gasteiger partial charge on any atom is 0.230 e. The van der Waals surface area contributed by atoms with Gasteiger partial charge in [0.25, 0.3) is 0 Å². The van der Waals surface area contributed by atoms with E-state index in [0.717, 1.165) is 22.8 Å². The van der Waals surface area contributed by atoms with E-state index in [1.165, 1.54) is 11.8 Å². The molecular weight excluding hydrogens is 374 g/mol. The largest absolute Gasteiger partial charge is 0.497 e. The van der Waals surface area contributed by atoms with Crippen LogP contribution in [-0.4, -0.2) is 33.5 Å². The Kier molecular flexibility index (Phi) is 6.29. The van der Waals surface area contributed by atoms with Crippen molar-refractivity contribution in [1.29, 1.82) is 5.26 Å². The van der Waals surface area contributed by atoms with Crippen molar-refractivity contribution in [2.45, 2.75) is 18.6 Å². The van der Waals surface area contributed by atoms with Crippen molar-refractivity contribution in [2.75, 3.05) is 12.9 Å². The Hall–Kier alpha value is -3.31. The minimum absolute atomic E-state index is 0.101. The standard InChI is InChI=1S/C20H19N5O2S/c1-14-23-24-20(25(14)17-7-9-18(27-2)10-8-17)28-13-19(26)22-12-16-5-3-15(11-21)4-6-16/h3-10H,12-13H2,1-2H3,(H,22,26). The van der Waals surface area contributed by atoms with Crippen molar-refractivity contribution < 1.29 is 9.53 Å². The normalized spacial score (nSPS) is 10.3. The van der Waals surface area contributed by atoms with Gasteiger partial charge in [-0.2, -0.15) is 5.26 Å². The number of ether oxygens (including phenoxy) is 1. The van der Waals surface area contributed by atoms with Gasteiger partial charge >= 0.3 is 0 Å². The van der Waals surface area contributed by atoms with E-state index in [4.69, 9.17) is 10.00 Å². The molecule has 142 valence electrons. The lowest BCUT2D eigenvalue weighted by molar-refractivity contribution is -0.118. The molecule has 7 nitrogen and oxygen atoms in total. The molecule has 0 spiro atoms. The second-order valence-electron chi connectivity index (χ2n) is 5.94. The maximum absolute atomic E-state index is 12.2. The number of amides is 1. The van der Waals surface area contributed by atoms with Crippen LogP contribution in [-0.2, 0) is 11.3 Å². The Labute approximate surface area is 167 Å². The first-order valence-corrected chi connectivity index (χ1v) is 9.54. The lowest BCUT2D eigenvalue weighted by Gasteiger charge is -2.09. The van der Waals surface area contributed by atoms with Crippen LogP contribution < -0.4 is 10.1 Å². The Morgan fingerprint density at radius 3 is 2.54 bits per heavy atom. The van der Waals surface area contributed by atoms with E-state index in [-0.39, 0.29) is 11.7 Å². The summed E-state index contributed by atoms with van der Waals surface area (Å²) in [5.74, 6) is 1.64. The summed E-state index contributed by atoms with van der Waals surface area (Å²) in [5.41, 5.74) is 2.44. The number of carbonyl (C=O) groups excluding carboxylic acids is 1. The summed E-state index contributed by atoms with van der Waals surface area (Å²) < 4.78 is 7.09. The smallest absolute Gasteiger partial charge is 0.230 e. The Morgan fingerprint density at radius 1 is 1.18 bits per heavy atom. The molecular formula is C20H19N5O2S. The number of thioether (sulfide) groups is 1. The second-order valence-corrected chi connectivity index (χ2v) is 6.88. The molecule has 0 aliphatic heterocycles. The van der Waals surface area contributed by atoms with Crippen LogP contribution in [0.4, 0.5) is 0 Å². The van der Waals surface area contributed by atoms with Gasteiger partial charge in [-0.15, -0.1) is 10.2 Å². The van der Waals surface area contributed by atoms with Gasteiger partial charge in [0.05, 0.1) is 24.5 Å². The van der Waals surface area contributed by atoms with Crippen LogP contribution >= 0.6 is 11.8 Å². The molecule has 0 aliphatic rings. The van der Waals surface area contributed by atoms with Crippen LogP contribution in [0.15, 0.2) is 53.7 Å². The molecule has 0 radical (unpaired) electrons. The fourth-order valence-corrected chi connectivity index (χ4v) is 3.37. The fourth-order valence-electron chi connectivity index (χ4n) is 2.54. The van der Waals surface area contributed by atoms with Crippen molar-refractivity contribution in [1.82, 2.24) is 20.1 Å². The van der Waals surface area contributed by atoms with Gasteiger partial charge in [0.15, 0.2) is 5.16 Å². The topological polar surface area (TPSA) is 92.8 Å². The molecule has 1 heterocycles. The highest BCUT2D eigenvalue weighted by Crippen LogP contribution is 2.23. The Bertz CT molecular complexity index is 991. The lowest BCUT2D eigenvalue weighted by Crippen LogP contribution is -2.24. The number of carbonyl (C=O) groups is 1. The third-order valence-electron chi connectivity index (χ3n) is 4.03. The van der Waals surface area contributed by atoms with Gasteiger partial charge in [-0.3, -0.25) is 9.36 Å². The van der Waals surface area contributed by atoms with Crippen molar-refractivity contribution in [3.63, 3.8) is 0 Å². The molecule has 1 aromatic heterocycles. The molecule has 3 aromatic rings. The molecule has 3 rings (SSSR count). The van der Waals surface area contributed by atoms with Crippen LogP contribution in [0.1, 0.15) is 17.0 Å². The van der Waals surface area contributed by atoms with Gasteiger partial charge in [0.1, 0.15) is 11.6 Å². The molecule has 0 aliphatic carbocycles. The molecule has 0 fully saturated rings. The van der Waals surface area contributed by atoms with E-state index < -0.39 is 0 Å². The van der Waals surface area contributed by atoms with E-state index in [0.29, 0.717) is 17.3 Å². The average molecular weight is 393 g/mol. The summed E-state index contributed by atoms with van der Waals surface area (Å²) in [6, 6.07) is 16.8. The number of hydrogen-bond donors (Lipinski definition) is 1. The van der Waals surface area contributed by atoms with E-state index in [1.807, 2.05) is 47.9 Å². The molecule has 28 heavy (non-hydrogen) atoms. The molecule has 8 heteroatoms. The highest BCUT2D eigenvalue weighted by atomic mass is 32.2. The van der Waals surface area contributed by atoms with Gasteiger partial charge < -0.3 is 10.1 Å². The molecule has 1 amide bonds. The zero-order chi connectivity index (χ0) is 19.9. The van der Waals surface area contributed by atoms with Crippen LogP contribution in [0.3, 0.4) is 0 Å². The predicted octanol–water partition coefficient (Wildman–Crippen LogP) is 2.86. The van der Waals surface area contributed by atoms with E-state index in [9.17, 15) is 4.79 Å². The highest BCUT2D eigenvalue weighted by Gasteiger charge is 2.13. The third-order valence-corrected chi connectivity index (χ3v) is 4.96. The first-order valence-electron chi connectivity index (χ1n) is 8.55. The summed E-state index contributed by atoms with van der Waals surface area (Å²) in [7, 11) is 1.62. The van der Waals surface area contributed by atoms with Gasteiger partial charge in [-0.05, 0) is 48.9 Å². The lowest BCUT2D eigenvalue weighted by atomic mass is 10.1. The van der Waals surface area contributed by atoms with Crippen molar-refractivity contribution in [3.05, 3.63) is 65.5 Å². The van der Waals surface area contributed by atoms with Gasteiger partial charge in [-0.25, -0.2) is 0 Å². The highest BCUT2D eigenvalue weighted by molar-refractivity contribution is 7.99. The predicted molar refractivity (Wildman–Crippen MR) is 106 cm³/mol. The number of methoxy groups -OCH3 is 1. The van der Waals surface area contributed by atoms with Crippen molar-refractivity contribution in [2.24, 2.45) is 0 Å². The molecule has 0 unspecified atom stereocenters. The van der Waals surface area contributed by atoms with Crippen LogP contribution in [0.2, 0.25) is 0 Å². The van der Waals surface area contributed by atoms with E-state index in [1.54, 1.807) is 19.2 Å². The Balaban J connectivity index is 1.59. The fraction of sp³-hybridized carbons (Fsp3) is 0.200. The van der Waals surface area contributed by atoms with Crippen molar-refractivity contribution >= 4 is 17.7 Å². The van der Waals surface area contributed by atoms with Gasteiger partial charge in [0, 0.05) is 12.2 Å². The molecule has 2 aromatic carbocycles. The molecule has 0 saturated heterocycles. The van der Waals surface area contributed by atoms with Crippen LogP contribution in [0.5, 0.6) is 5.75 Å². The number of nitrogens with one attached hydrogen (secondary N) is 1. The monoisotopic (exact) mass is 393 g/mol. The number of hydrogen-bond acceptors (Lipinski definition) is 6. The van der Waals surface area contributed by atoms with E-state index in [2.05, 4.69) is 21.6 Å². The summed E-state index contributed by atoms with van der Waals surface area (Å²) in [6.45, 7) is 2.28. The first kappa shape index (κ1) is 19.5. The van der Waals surface area contributed by atoms with Crippen LogP contribution in [0.25, 0.3) is 5.69 Å². The zero-order valence-electron chi connectivity index (χ0n) is 15.5. The third kappa shape index (κ3) is 4.69. The average Bonchev–Trinajstić information content (AvgIpc) is 3.11. The number of aromatic nitrogens is 3. The summed E-state index contributed by atoms with van der Waals surface area (Å²) in [4.78, 5) is 12.2. The van der Waals surface area contributed by atoms with Gasteiger partial charge in [0.2, 0.25) is 5.91 Å². The minimum atomic E-state index is -0.101. The zero-order valence-corrected chi connectivity index (χ0v) is 16.4. The number of nitriles is 1. The SMILES string of the molecule is COc1ccc(-n2c(C)nnc2SCC(=O)NCc2ccc(C#N)cc2)cc1. The number of nitrogens with zero attached hydrogens (tertiary/aromatic N) is 4. The number of rotatable bonds is 7. The van der Waals surface area contributed by atoms with Gasteiger partial charge in [-0.1, -0.05) is 23.9 Å². The summed E-state index contributed by atoms with van der Waals surface area (Å²) >= 11 is 1.32.